The van der Waals surface area contributed by atoms with E-state index in [0.29, 0.717) is 0 Å². The Bertz CT molecular complexity index is 77.4. The lowest BCUT2D eigenvalue weighted by atomic mass is 10.4. The van der Waals surface area contributed by atoms with Gasteiger partial charge < -0.3 is 14.9 Å². The Balaban J connectivity index is 0. The third-order valence-electron chi connectivity index (χ3n) is 0.827. The molecule has 0 spiro atoms. The molecule has 0 radical (unpaired) electrons. The van der Waals surface area contributed by atoms with Gasteiger partial charge in [0.05, 0.1) is 0 Å². The molecule has 0 bridgehead atoms. The Morgan fingerprint density at radius 1 is 1.42 bits per heavy atom. The van der Waals surface area contributed by atoms with E-state index in [1.54, 1.807) is 6.92 Å². The maximum absolute atomic E-state index is 9.00. The van der Waals surface area contributed by atoms with E-state index in [1.165, 1.54) is 12.8 Å². The first-order chi connectivity index (χ1) is 5.65. The average Bonchev–Trinajstić information content (AvgIpc) is 2.40. The number of ether oxygens (including phenoxy) is 1. The summed E-state index contributed by atoms with van der Waals surface area (Å²) in [7, 11) is 0. The molecule has 0 atom stereocenters. The number of rotatable bonds is 0. The molecule has 0 aromatic heterocycles. The molecule has 1 heterocycles. The first kappa shape index (κ1) is 13.9. The van der Waals surface area contributed by atoms with Gasteiger partial charge in [0.2, 0.25) is 0 Å². The van der Waals surface area contributed by atoms with Gasteiger partial charge >= 0.3 is 0 Å². The lowest BCUT2D eigenvalue weighted by Gasteiger charge is -1.76. The van der Waals surface area contributed by atoms with Crippen molar-refractivity contribution in [2.45, 2.75) is 26.7 Å². The number of aliphatic hydroxyl groups is 1. The zero-order valence-corrected chi connectivity index (χ0v) is 7.75. The van der Waals surface area contributed by atoms with E-state index >= 15 is 0 Å². The number of aliphatic carboxylic acids is 1. The number of carboxylic acids is 1. The van der Waals surface area contributed by atoms with E-state index in [2.05, 4.69) is 0 Å². The molecule has 2 N–H and O–H groups in total. The van der Waals surface area contributed by atoms with Crippen molar-refractivity contribution in [3.8, 4) is 0 Å². The summed E-state index contributed by atoms with van der Waals surface area (Å²) in [5.74, 6) is -0.833. The Kier molecular flexibility index (Phi) is 15.1. The SMILES string of the molecule is C1CCOC1.CC(=O)O.CCO. The van der Waals surface area contributed by atoms with Crippen LogP contribution in [0.25, 0.3) is 0 Å². The standard InChI is InChI=1S/C4H8O.C2H4O2.C2H6O/c1-2-4-5-3-1;1-2(3)4;1-2-3/h1-4H2;1H3,(H,3,4);3H,2H2,1H3. The zero-order valence-electron chi connectivity index (χ0n) is 7.75. The summed E-state index contributed by atoms with van der Waals surface area (Å²) in [4.78, 5) is 9.00. The molecule has 1 aliphatic heterocycles. The lowest BCUT2D eigenvalue weighted by molar-refractivity contribution is -0.134. The van der Waals surface area contributed by atoms with Gasteiger partial charge in [0.15, 0.2) is 0 Å². The van der Waals surface area contributed by atoms with Crippen LogP contribution in [0.3, 0.4) is 0 Å². The monoisotopic (exact) mass is 178 g/mol. The maximum Gasteiger partial charge on any atom is 0.300 e. The number of hydrogen-bond donors (Lipinski definition) is 2. The highest BCUT2D eigenvalue weighted by Crippen LogP contribution is 1.98. The van der Waals surface area contributed by atoms with Gasteiger partial charge in [0, 0.05) is 26.7 Å². The largest absolute Gasteiger partial charge is 0.481 e. The predicted octanol–water partition coefficient (Wildman–Crippen LogP) is 0.886. The first-order valence-electron chi connectivity index (χ1n) is 4.03. The van der Waals surface area contributed by atoms with Crippen molar-refractivity contribution < 1.29 is 19.7 Å². The van der Waals surface area contributed by atoms with Crippen LogP contribution >= 0.6 is 0 Å². The van der Waals surface area contributed by atoms with E-state index in [4.69, 9.17) is 19.7 Å². The van der Waals surface area contributed by atoms with Gasteiger partial charge in [-0.3, -0.25) is 4.79 Å². The number of aliphatic hydroxyl groups excluding tert-OH is 1. The van der Waals surface area contributed by atoms with Crippen molar-refractivity contribution in [1.82, 2.24) is 0 Å². The van der Waals surface area contributed by atoms with Crippen LogP contribution in [0.2, 0.25) is 0 Å². The van der Waals surface area contributed by atoms with Crippen LogP contribution in [-0.2, 0) is 9.53 Å². The zero-order chi connectivity index (χ0) is 9.82. The molecular formula is C8H18O4. The van der Waals surface area contributed by atoms with Crippen molar-refractivity contribution in [3.63, 3.8) is 0 Å². The summed E-state index contributed by atoms with van der Waals surface area (Å²) in [6.45, 7) is 5.01. The summed E-state index contributed by atoms with van der Waals surface area (Å²) in [6, 6.07) is 0. The van der Waals surface area contributed by atoms with E-state index in [1.807, 2.05) is 0 Å². The van der Waals surface area contributed by atoms with E-state index in [-0.39, 0.29) is 6.61 Å². The summed E-state index contributed by atoms with van der Waals surface area (Å²) >= 11 is 0. The van der Waals surface area contributed by atoms with Gasteiger partial charge in [-0.15, -0.1) is 0 Å². The summed E-state index contributed by atoms with van der Waals surface area (Å²) in [5.41, 5.74) is 0. The normalized spacial score (nSPS) is 13.6. The number of hydrogen-bond acceptors (Lipinski definition) is 3. The molecule has 4 nitrogen and oxygen atoms in total. The van der Waals surface area contributed by atoms with Gasteiger partial charge in [-0.2, -0.15) is 0 Å². The van der Waals surface area contributed by atoms with E-state index in [9.17, 15) is 0 Å². The van der Waals surface area contributed by atoms with E-state index < -0.39 is 5.97 Å². The third-order valence-corrected chi connectivity index (χ3v) is 0.827. The van der Waals surface area contributed by atoms with Crippen LogP contribution < -0.4 is 0 Å². The summed E-state index contributed by atoms with van der Waals surface area (Å²) < 4.78 is 4.94. The average molecular weight is 178 g/mol. The molecule has 0 aliphatic carbocycles. The van der Waals surface area contributed by atoms with Gasteiger partial charge in [-0.1, -0.05) is 0 Å². The summed E-state index contributed by atoms with van der Waals surface area (Å²) in [5, 5.41) is 15.0. The Morgan fingerprint density at radius 2 is 1.67 bits per heavy atom. The topological polar surface area (TPSA) is 66.8 Å². The van der Waals surface area contributed by atoms with Crippen molar-refractivity contribution in [3.05, 3.63) is 0 Å². The Morgan fingerprint density at radius 3 is 1.75 bits per heavy atom. The maximum atomic E-state index is 9.00. The van der Waals surface area contributed by atoms with Crippen molar-refractivity contribution in [2.75, 3.05) is 19.8 Å². The second-order valence-electron chi connectivity index (χ2n) is 2.15. The Hall–Kier alpha value is -0.610. The van der Waals surface area contributed by atoms with Crippen molar-refractivity contribution >= 4 is 5.97 Å². The Labute approximate surface area is 73.2 Å². The van der Waals surface area contributed by atoms with Crippen LogP contribution in [-0.4, -0.2) is 36.0 Å². The minimum Gasteiger partial charge on any atom is -0.481 e. The smallest absolute Gasteiger partial charge is 0.300 e. The predicted molar refractivity (Wildman–Crippen MR) is 46.1 cm³/mol. The van der Waals surface area contributed by atoms with Gasteiger partial charge in [-0.25, -0.2) is 0 Å². The molecule has 1 aliphatic rings. The summed E-state index contributed by atoms with van der Waals surface area (Å²) in [6.07, 6.45) is 2.56. The van der Waals surface area contributed by atoms with E-state index in [0.717, 1.165) is 20.1 Å². The minimum absolute atomic E-state index is 0.250. The minimum atomic E-state index is -0.833. The molecule has 1 saturated heterocycles. The third kappa shape index (κ3) is 34.3. The molecule has 4 heteroatoms. The van der Waals surface area contributed by atoms with Gasteiger partial charge in [0.25, 0.3) is 5.97 Å². The second kappa shape index (κ2) is 13.0. The van der Waals surface area contributed by atoms with Crippen LogP contribution in [0.5, 0.6) is 0 Å². The highest BCUT2D eigenvalue weighted by molar-refractivity contribution is 5.62. The molecule has 0 saturated carbocycles. The van der Waals surface area contributed by atoms with Gasteiger partial charge in [-0.05, 0) is 19.8 Å². The molecule has 74 valence electrons. The molecule has 12 heavy (non-hydrogen) atoms. The highest BCUT2D eigenvalue weighted by atomic mass is 16.5. The molecule has 0 aromatic carbocycles. The lowest BCUT2D eigenvalue weighted by Crippen LogP contribution is -1.78. The first-order valence-corrected chi connectivity index (χ1v) is 4.03. The fourth-order valence-electron chi connectivity index (χ4n) is 0.510. The molecule has 0 aromatic rings. The van der Waals surface area contributed by atoms with Crippen LogP contribution in [0, 0.1) is 0 Å². The molecule has 0 unspecified atom stereocenters. The van der Waals surface area contributed by atoms with Gasteiger partial charge in [0.1, 0.15) is 0 Å². The van der Waals surface area contributed by atoms with Crippen LogP contribution in [0.15, 0.2) is 0 Å². The molecule has 1 rings (SSSR count). The van der Waals surface area contributed by atoms with Crippen LogP contribution in [0.4, 0.5) is 0 Å². The molecule has 0 amide bonds. The quantitative estimate of drug-likeness (QED) is 0.578. The van der Waals surface area contributed by atoms with Crippen LogP contribution in [0.1, 0.15) is 26.7 Å². The molecule has 1 fully saturated rings. The van der Waals surface area contributed by atoms with Crippen molar-refractivity contribution in [1.29, 1.82) is 0 Å². The van der Waals surface area contributed by atoms with Crippen molar-refractivity contribution in [2.24, 2.45) is 0 Å². The molecular weight excluding hydrogens is 160 g/mol. The number of carbonyl (C=O) groups is 1. The fourth-order valence-corrected chi connectivity index (χ4v) is 0.510. The number of carboxylic acid groups (broad SMARTS) is 1. The highest BCUT2D eigenvalue weighted by Gasteiger charge is 1.94. The fraction of sp³-hybridized carbons (Fsp3) is 0.875. The second-order valence-corrected chi connectivity index (χ2v) is 2.15.